The summed E-state index contributed by atoms with van der Waals surface area (Å²) in [6, 6.07) is -6.93. The third-order valence-corrected chi connectivity index (χ3v) is 13.8. The molecule has 0 spiro atoms. The van der Waals surface area contributed by atoms with Gasteiger partial charge in [-0.05, 0) is 74.6 Å². The molecule has 1 unspecified atom stereocenters. The fourth-order valence-corrected chi connectivity index (χ4v) is 9.42. The summed E-state index contributed by atoms with van der Waals surface area (Å²) in [5, 5.41) is 16.5. The number of thioether (sulfide) groups is 3. The molecule has 4 rings (SSSR count). The molecule has 72 heavy (non-hydrogen) atoms. The Bertz CT molecular complexity index is 1970. The molecule has 0 aliphatic heterocycles. The molecule has 9 atom stereocenters. The molecule has 27 heteroatoms. The summed E-state index contributed by atoms with van der Waals surface area (Å²) in [6.07, 6.45) is 14.5. The fraction of sp³-hybridized carbons (Fsp3) is 0.600. The SMILES string of the molecule is COC(=O)C(Cc1c[nH]cn1)NC(=O)[C@@H](CCSC)NC(=O)[C@@H]1C[C@H](C(=O)N[C@@H](CCSC)C(=O)N[C@@H](Cc2c[nH]cn2)C(=O)OC)C[C@H](C(=O)N[C@@H](CCSC)C(=O)N[C@@H](Cc2c[nH]cn2)C(=O)OC)C1. The second kappa shape index (κ2) is 30.7. The zero-order valence-corrected chi connectivity index (χ0v) is 43.6. The standard InChI is InChI=1S/C45H66N12O12S3/c1-67-43(64)34(16-28-19-46-22-49-28)55-40(61)31(7-10-70-4)52-37(58)25-13-26(38(59)53-32(8-11-71-5)41(62)56-35(44(65)68-2)17-29-20-47-23-50-29)15-27(14-25)39(60)54-33(9-12-72-6)42(63)57-36(45(66)69-3)18-30-21-48-24-51-30/h19-27,31-36H,7-18H2,1-6H3,(H,46,49)(H,47,50)(H,48,51)(H,52,58)(H,53,59)(H,54,60)(H,55,61)(H,56,62)(H,57,63)/t25-,26+,27-,31-,32-,33+,34-,35-,36?/m0/s1. The summed E-state index contributed by atoms with van der Waals surface area (Å²) in [5.74, 6) is -8.07. The van der Waals surface area contributed by atoms with Crippen molar-refractivity contribution in [3.8, 4) is 0 Å². The molecule has 1 fully saturated rings. The number of rotatable bonds is 30. The van der Waals surface area contributed by atoms with E-state index in [0.29, 0.717) is 34.3 Å². The Morgan fingerprint density at radius 3 is 0.944 bits per heavy atom. The minimum atomic E-state index is -1.16. The van der Waals surface area contributed by atoms with E-state index in [1.54, 1.807) is 18.6 Å². The van der Waals surface area contributed by atoms with Crippen molar-refractivity contribution in [3.05, 3.63) is 54.7 Å². The number of imidazole rings is 3. The molecule has 1 saturated carbocycles. The van der Waals surface area contributed by atoms with E-state index in [1.165, 1.54) is 75.6 Å². The van der Waals surface area contributed by atoms with E-state index in [1.807, 2.05) is 18.8 Å². The highest BCUT2D eigenvalue weighted by Crippen LogP contribution is 2.35. The molecule has 0 saturated heterocycles. The highest BCUT2D eigenvalue weighted by molar-refractivity contribution is 7.98. The Kier molecular flexibility index (Phi) is 24.9. The zero-order valence-electron chi connectivity index (χ0n) is 41.1. The fourth-order valence-electron chi connectivity index (χ4n) is 8.00. The topological polar surface area (TPSA) is 340 Å². The molecule has 0 aromatic carbocycles. The van der Waals surface area contributed by atoms with Crippen LogP contribution in [0.2, 0.25) is 0 Å². The number of aromatic amines is 3. The van der Waals surface area contributed by atoms with Crippen molar-refractivity contribution < 1.29 is 57.4 Å². The van der Waals surface area contributed by atoms with Crippen molar-refractivity contribution in [1.29, 1.82) is 0 Å². The van der Waals surface area contributed by atoms with Gasteiger partial charge in [-0.2, -0.15) is 35.3 Å². The number of hydrogen-bond acceptors (Lipinski definition) is 18. The lowest BCUT2D eigenvalue weighted by atomic mass is 9.73. The first-order chi connectivity index (χ1) is 34.6. The number of esters is 3. The Morgan fingerprint density at radius 1 is 0.472 bits per heavy atom. The highest BCUT2D eigenvalue weighted by atomic mass is 32.2. The summed E-state index contributed by atoms with van der Waals surface area (Å²) >= 11 is 4.26. The Hall–Kier alpha value is -6.09. The van der Waals surface area contributed by atoms with E-state index < -0.39 is 107 Å². The van der Waals surface area contributed by atoms with Crippen LogP contribution in [0.25, 0.3) is 0 Å². The average molecular weight is 1060 g/mol. The van der Waals surface area contributed by atoms with Crippen LogP contribution in [0.1, 0.15) is 55.6 Å². The second-order valence-corrected chi connectivity index (χ2v) is 19.8. The number of aromatic nitrogens is 6. The van der Waals surface area contributed by atoms with E-state index in [2.05, 4.69) is 61.8 Å². The van der Waals surface area contributed by atoms with Gasteiger partial charge in [0.15, 0.2) is 0 Å². The molecule has 0 bridgehead atoms. The largest absolute Gasteiger partial charge is 0.467 e. The maximum absolute atomic E-state index is 14.5. The number of ether oxygens (including phenoxy) is 3. The van der Waals surface area contributed by atoms with Crippen LogP contribution in [-0.4, -0.2) is 177 Å². The second-order valence-electron chi connectivity index (χ2n) is 16.9. The van der Waals surface area contributed by atoms with E-state index in [-0.39, 0.29) is 57.8 Å². The molecule has 9 N–H and O–H groups in total. The van der Waals surface area contributed by atoms with E-state index >= 15 is 0 Å². The lowest BCUT2D eigenvalue weighted by Gasteiger charge is -2.35. The molecular formula is C45H66N12O12S3. The van der Waals surface area contributed by atoms with Crippen molar-refractivity contribution in [1.82, 2.24) is 61.8 Å². The van der Waals surface area contributed by atoms with Gasteiger partial charge >= 0.3 is 17.9 Å². The lowest BCUT2D eigenvalue weighted by molar-refractivity contribution is -0.145. The van der Waals surface area contributed by atoms with Crippen LogP contribution in [0.3, 0.4) is 0 Å². The normalized spacial score (nSPS) is 17.8. The summed E-state index contributed by atoms with van der Waals surface area (Å²) in [6.45, 7) is 0. The van der Waals surface area contributed by atoms with E-state index in [4.69, 9.17) is 14.2 Å². The minimum absolute atomic E-state index is 0.00579. The average Bonchev–Trinajstić information content (AvgIpc) is 4.22. The van der Waals surface area contributed by atoms with Gasteiger partial charge in [0.2, 0.25) is 35.4 Å². The number of nitrogens with zero attached hydrogens (tertiary/aromatic N) is 3. The van der Waals surface area contributed by atoms with Gasteiger partial charge in [-0.1, -0.05) is 0 Å². The monoisotopic (exact) mass is 1060 g/mol. The lowest BCUT2D eigenvalue weighted by Crippen LogP contribution is -2.56. The van der Waals surface area contributed by atoms with Gasteiger partial charge in [-0.15, -0.1) is 0 Å². The number of hydrogen-bond donors (Lipinski definition) is 9. The van der Waals surface area contributed by atoms with Gasteiger partial charge in [0.05, 0.1) is 57.4 Å². The maximum Gasteiger partial charge on any atom is 0.328 e. The van der Waals surface area contributed by atoms with Gasteiger partial charge in [0.25, 0.3) is 0 Å². The number of nitrogens with one attached hydrogen (secondary N) is 9. The summed E-state index contributed by atoms with van der Waals surface area (Å²) in [5.41, 5.74) is 1.42. The van der Waals surface area contributed by atoms with Crippen LogP contribution in [0.15, 0.2) is 37.6 Å². The number of H-pyrrole nitrogens is 3. The molecule has 24 nitrogen and oxygen atoms in total. The molecule has 6 amide bonds. The third kappa shape index (κ3) is 18.5. The van der Waals surface area contributed by atoms with Gasteiger partial charge in [-0.3, -0.25) is 28.8 Å². The number of carbonyl (C=O) groups is 9. The minimum Gasteiger partial charge on any atom is -0.467 e. The highest BCUT2D eigenvalue weighted by Gasteiger charge is 2.42. The van der Waals surface area contributed by atoms with Crippen LogP contribution >= 0.6 is 35.3 Å². The summed E-state index contributed by atoms with van der Waals surface area (Å²) < 4.78 is 14.8. The van der Waals surface area contributed by atoms with E-state index in [0.717, 1.165) is 0 Å². The molecule has 1 aliphatic rings. The van der Waals surface area contributed by atoms with Gasteiger partial charge in [0.1, 0.15) is 36.3 Å². The van der Waals surface area contributed by atoms with Crippen LogP contribution < -0.4 is 31.9 Å². The van der Waals surface area contributed by atoms with Crippen LogP contribution in [0, 0.1) is 17.8 Å². The molecule has 0 radical (unpaired) electrons. The Balaban J connectivity index is 1.63. The van der Waals surface area contributed by atoms with Gasteiger partial charge < -0.3 is 61.1 Å². The predicted molar refractivity (Wildman–Crippen MR) is 268 cm³/mol. The van der Waals surface area contributed by atoms with Crippen LogP contribution in [0.5, 0.6) is 0 Å². The molecule has 396 valence electrons. The molecule has 3 heterocycles. The summed E-state index contributed by atoms with van der Waals surface area (Å²) in [7, 11) is 3.54. The van der Waals surface area contributed by atoms with Gasteiger partial charge in [-0.25, -0.2) is 29.3 Å². The number of amides is 6. The smallest absolute Gasteiger partial charge is 0.328 e. The summed E-state index contributed by atoms with van der Waals surface area (Å²) in [4.78, 5) is 144. The van der Waals surface area contributed by atoms with Crippen LogP contribution in [0.4, 0.5) is 0 Å². The van der Waals surface area contributed by atoms with Crippen molar-refractivity contribution in [3.63, 3.8) is 0 Å². The van der Waals surface area contributed by atoms with Crippen molar-refractivity contribution in [2.75, 3.05) is 57.4 Å². The first-order valence-corrected chi connectivity index (χ1v) is 27.3. The first-order valence-electron chi connectivity index (χ1n) is 23.1. The first kappa shape index (κ1) is 58.5. The van der Waals surface area contributed by atoms with Crippen LogP contribution in [-0.2, 0) is 76.6 Å². The quantitative estimate of drug-likeness (QED) is 0.0303. The van der Waals surface area contributed by atoms with E-state index in [9.17, 15) is 43.2 Å². The Morgan fingerprint density at radius 2 is 0.736 bits per heavy atom. The zero-order chi connectivity index (χ0) is 52.6. The van der Waals surface area contributed by atoms with Crippen molar-refractivity contribution >= 4 is 88.6 Å². The molecule has 3 aromatic rings. The third-order valence-electron chi connectivity index (χ3n) is 11.9. The number of methoxy groups -OCH3 is 3. The Labute approximate surface area is 429 Å². The predicted octanol–water partition coefficient (Wildman–Crippen LogP) is -0.397. The maximum atomic E-state index is 14.5. The van der Waals surface area contributed by atoms with Crippen molar-refractivity contribution in [2.24, 2.45) is 17.8 Å². The van der Waals surface area contributed by atoms with Crippen molar-refractivity contribution in [2.45, 2.75) is 94.0 Å². The molecular weight excluding hydrogens is 997 g/mol. The molecule has 1 aliphatic carbocycles. The van der Waals surface area contributed by atoms with Gasteiger partial charge in [0, 0.05) is 55.6 Å². The number of carbonyl (C=O) groups excluding carboxylic acids is 9. The molecule has 3 aromatic heterocycles.